The van der Waals surface area contributed by atoms with E-state index in [2.05, 4.69) is 77.7 Å². The molecule has 0 aliphatic heterocycles. The Bertz CT molecular complexity index is 987. The van der Waals surface area contributed by atoms with Crippen LogP contribution in [0.2, 0.25) is 0 Å². The van der Waals surface area contributed by atoms with E-state index in [-0.39, 0.29) is 0 Å². The molecule has 4 heteroatoms. The first-order valence-corrected chi connectivity index (χ1v) is 12.8. The van der Waals surface area contributed by atoms with Crippen molar-refractivity contribution in [2.75, 3.05) is 26.1 Å². The Morgan fingerprint density at radius 3 is 2.53 bits per heavy atom. The van der Waals surface area contributed by atoms with Crippen LogP contribution in [0.1, 0.15) is 88.7 Å². The van der Waals surface area contributed by atoms with Crippen LogP contribution in [0.5, 0.6) is 0 Å². The molecule has 2 rings (SSSR count). The Labute approximate surface area is 208 Å². The van der Waals surface area contributed by atoms with Gasteiger partial charge in [-0.1, -0.05) is 58.4 Å². The van der Waals surface area contributed by atoms with E-state index in [0.717, 1.165) is 67.2 Å². The highest BCUT2D eigenvalue weighted by atomic mass is 16.5. The van der Waals surface area contributed by atoms with Crippen molar-refractivity contribution >= 4 is 11.4 Å². The number of methoxy groups -OCH3 is 1. The van der Waals surface area contributed by atoms with Gasteiger partial charge < -0.3 is 10.1 Å². The van der Waals surface area contributed by atoms with E-state index >= 15 is 0 Å². The van der Waals surface area contributed by atoms with Gasteiger partial charge in [0.25, 0.3) is 0 Å². The van der Waals surface area contributed by atoms with Crippen molar-refractivity contribution in [3.63, 3.8) is 0 Å². The average molecular weight is 464 g/mol. The summed E-state index contributed by atoms with van der Waals surface area (Å²) in [4.78, 5) is 10.1. The minimum Gasteiger partial charge on any atom is -0.384 e. The molecule has 0 saturated carbocycles. The number of anilines is 1. The van der Waals surface area contributed by atoms with Crippen LogP contribution in [0.15, 0.2) is 36.4 Å². The Balaban J connectivity index is 2.46. The first kappa shape index (κ1) is 27.8. The normalized spacial score (nSPS) is 13.6. The number of nitrogens with one attached hydrogen (secondary N) is 1. The molecule has 0 saturated heterocycles. The topological polar surface area (TPSA) is 47.0 Å². The monoisotopic (exact) mass is 463 g/mol. The van der Waals surface area contributed by atoms with Crippen LogP contribution < -0.4 is 5.32 Å². The quantitative estimate of drug-likeness (QED) is 0.306. The summed E-state index contributed by atoms with van der Waals surface area (Å²) in [6, 6.07) is 6.62. The van der Waals surface area contributed by atoms with Crippen molar-refractivity contribution < 1.29 is 4.74 Å². The predicted molar refractivity (Wildman–Crippen MR) is 148 cm³/mol. The first-order valence-electron chi connectivity index (χ1n) is 12.8. The first-order chi connectivity index (χ1) is 16.3. The maximum Gasteiger partial charge on any atom is 0.135 e. The smallest absolute Gasteiger partial charge is 0.135 e. The summed E-state index contributed by atoms with van der Waals surface area (Å²) >= 11 is 0. The van der Waals surface area contributed by atoms with Gasteiger partial charge in [0, 0.05) is 31.3 Å². The van der Waals surface area contributed by atoms with E-state index in [1.54, 1.807) is 7.11 Å². The van der Waals surface area contributed by atoms with E-state index in [1.165, 1.54) is 22.3 Å². The second-order valence-electron chi connectivity index (χ2n) is 9.40. The third kappa shape index (κ3) is 6.79. The summed E-state index contributed by atoms with van der Waals surface area (Å²) in [6.07, 6.45) is 7.36. The van der Waals surface area contributed by atoms with Gasteiger partial charge in [0.1, 0.15) is 5.82 Å². The fourth-order valence-electron chi connectivity index (χ4n) is 4.41. The average Bonchev–Trinajstić information content (AvgIpc) is 2.85. The molecule has 2 heterocycles. The Hall–Kier alpha value is -2.46. The van der Waals surface area contributed by atoms with Gasteiger partial charge in [-0.15, -0.1) is 0 Å². The van der Waals surface area contributed by atoms with Gasteiger partial charge in [0.15, 0.2) is 0 Å². The number of aromatic nitrogens is 2. The maximum absolute atomic E-state index is 5.42. The molecule has 4 nitrogen and oxygen atoms in total. The molecule has 0 spiro atoms. The standard InChI is InChI=1S/C30H45N3O/c1-10-13-25(19-34-9)21(5)14-15-22(6)28-23(7)18-24(12-3)29(33-28)26-16-17-27(20(4)11-2)32-30(26)31-8/h15-18,20,25H,5,10-14,19H2,1-4,6-9H3,(H,31,32)/b22-15-/t20?,25-/m1/s1. The molecule has 186 valence electrons. The number of ether oxygens (including phenoxy) is 1. The number of hydrogen-bond donors (Lipinski definition) is 1. The Kier molecular flexibility index (Phi) is 11.0. The third-order valence-corrected chi connectivity index (χ3v) is 6.83. The van der Waals surface area contributed by atoms with Crippen LogP contribution in [0.4, 0.5) is 5.82 Å². The number of nitrogens with zero attached hydrogens (tertiary/aromatic N) is 2. The van der Waals surface area contributed by atoms with Gasteiger partial charge in [-0.05, 0) is 74.3 Å². The molecule has 0 aliphatic rings. The van der Waals surface area contributed by atoms with Gasteiger partial charge in [0.2, 0.25) is 0 Å². The molecule has 0 fully saturated rings. The number of aryl methyl sites for hydroxylation is 2. The van der Waals surface area contributed by atoms with Gasteiger partial charge >= 0.3 is 0 Å². The highest BCUT2D eigenvalue weighted by Gasteiger charge is 2.17. The summed E-state index contributed by atoms with van der Waals surface area (Å²) in [6.45, 7) is 18.2. The van der Waals surface area contributed by atoms with Crippen molar-refractivity contribution in [1.82, 2.24) is 9.97 Å². The van der Waals surface area contributed by atoms with Crippen molar-refractivity contribution in [2.24, 2.45) is 5.92 Å². The molecule has 0 aliphatic carbocycles. The molecule has 2 aromatic heterocycles. The van der Waals surface area contributed by atoms with Crippen LogP contribution >= 0.6 is 0 Å². The fourth-order valence-corrected chi connectivity index (χ4v) is 4.41. The van der Waals surface area contributed by atoms with Crippen molar-refractivity contribution in [2.45, 2.75) is 79.6 Å². The molecule has 2 aromatic rings. The number of rotatable bonds is 13. The fraction of sp³-hybridized carbons (Fsp3) is 0.533. The summed E-state index contributed by atoms with van der Waals surface area (Å²) < 4.78 is 5.42. The third-order valence-electron chi connectivity index (χ3n) is 6.83. The van der Waals surface area contributed by atoms with Crippen molar-refractivity contribution in [3.05, 3.63) is 58.9 Å². The van der Waals surface area contributed by atoms with E-state index in [0.29, 0.717) is 11.8 Å². The molecule has 0 radical (unpaired) electrons. The van der Waals surface area contributed by atoms with Crippen molar-refractivity contribution in [1.29, 1.82) is 0 Å². The van der Waals surface area contributed by atoms with Gasteiger partial charge in [-0.2, -0.15) is 0 Å². The lowest BCUT2D eigenvalue weighted by Crippen LogP contribution is -2.10. The number of pyridine rings is 2. The highest BCUT2D eigenvalue weighted by Crippen LogP contribution is 2.33. The SMILES string of the molecule is C=C(C/C=C(/C)c1nc(-c2ccc(C(C)CC)nc2NC)c(CC)cc1C)[C@H](CCC)COC. The van der Waals surface area contributed by atoms with E-state index in [9.17, 15) is 0 Å². The van der Waals surface area contributed by atoms with E-state index < -0.39 is 0 Å². The molecule has 34 heavy (non-hydrogen) atoms. The van der Waals surface area contributed by atoms with Gasteiger partial charge in [0.05, 0.1) is 18.0 Å². The second kappa shape index (κ2) is 13.4. The van der Waals surface area contributed by atoms with Crippen LogP contribution in [0, 0.1) is 12.8 Å². The predicted octanol–water partition coefficient (Wildman–Crippen LogP) is 7.98. The van der Waals surface area contributed by atoms with Crippen LogP contribution in [0.3, 0.4) is 0 Å². The molecule has 0 amide bonds. The summed E-state index contributed by atoms with van der Waals surface area (Å²) in [5, 5.41) is 3.32. The summed E-state index contributed by atoms with van der Waals surface area (Å²) in [5.41, 5.74) is 9.12. The zero-order valence-electron chi connectivity index (χ0n) is 22.7. The highest BCUT2D eigenvalue weighted by molar-refractivity contribution is 5.77. The lowest BCUT2D eigenvalue weighted by atomic mass is 9.92. The molecule has 0 bridgehead atoms. The lowest BCUT2D eigenvalue weighted by molar-refractivity contribution is 0.161. The van der Waals surface area contributed by atoms with E-state index in [4.69, 9.17) is 14.7 Å². The van der Waals surface area contributed by atoms with Crippen LogP contribution in [-0.4, -0.2) is 30.7 Å². The summed E-state index contributed by atoms with van der Waals surface area (Å²) in [7, 11) is 3.71. The van der Waals surface area contributed by atoms with Gasteiger partial charge in [-0.3, -0.25) is 0 Å². The maximum atomic E-state index is 5.42. The summed E-state index contributed by atoms with van der Waals surface area (Å²) in [5.74, 6) is 1.73. The molecular weight excluding hydrogens is 418 g/mol. The zero-order chi connectivity index (χ0) is 25.3. The number of hydrogen-bond acceptors (Lipinski definition) is 4. The lowest BCUT2D eigenvalue weighted by Gasteiger charge is -2.18. The number of allylic oxidation sites excluding steroid dienone is 2. The molecular formula is C30H45N3O. The largest absolute Gasteiger partial charge is 0.384 e. The zero-order valence-corrected chi connectivity index (χ0v) is 22.7. The van der Waals surface area contributed by atoms with Gasteiger partial charge in [-0.25, -0.2) is 9.97 Å². The molecule has 0 aromatic carbocycles. The minimum absolute atomic E-state index is 0.402. The second-order valence-corrected chi connectivity index (χ2v) is 9.40. The molecule has 1 N–H and O–H groups in total. The Morgan fingerprint density at radius 1 is 1.21 bits per heavy atom. The van der Waals surface area contributed by atoms with Crippen molar-refractivity contribution in [3.8, 4) is 11.3 Å². The Morgan fingerprint density at radius 2 is 1.94 bits per heavy atom. The van der Waals surface area contributed by atoms with Crippen LogP contribution in [0.25, 0.3) is 16.8 Å². The van der Waals surface area contributed by atoms with Crippen LogP contribution in [-0.2, 0) is 11.2 Å². The molecule has 2 atom stereocenters. The van der Waals surface area contributed by atoms with E-state index in [1.807, 2.05) is 7.05 Å². The molecule has 1 unspecified atom stereocenters. The minimum atomic E-state index is 0.402.